The highest BCUT2D eigenvalue weighted by Gasteiger charge is 2.35. The number of hydrogen-bond acceptors (Lipinski definition) is 3. The quantitative estimate of drug-likeness (QED) is 0.702. The van der Waals surface area contributed by atoms with Gasteiger partial charge in [-0.15, -0.1) is 0 Å². The van der Waals surface area contributed by atoms with Crippen LogP contribution in [0.25, 0.3) is 0 Å². The van der Waals surface area contributed by atoms with Crippen molar-refractivity contribution in [2.75, 3.05) is 19.6 Å². The van der Waals surface area contributed by atoms with Crippen molar-refractivity contribution in [1.29, 1.82) is 0 Å². The summed E-state index contributed by atoms with van der Waals surface area (Å²) < 4.78 is 52.4. The number of carbonyl (C=O) groups excluding carboxylic acids is 2. The van der Waals surface area contributed by atoms with E-state index in [2.05, 4.69) is 5.32 Å². The fourth-order valence-corrected chi connectivity index (χ4v) is 3.65. The van der Waals surface area contributed by atoms with Crippen molar-refractivity contribution in [3.05, 3.63) is 71.0 Å². The summed E-state index contributed by atoms with van der Waals surface area (Å²) in [5.41, 5.74) is -0.959. The maximum atomic E-state index is 13.1. The Bertz CT molecular complexity index is 931. The van der Waals surface area contributed by atoms with Gasteiger partial charge >= 0.3 is 6.18 Å². The van der Waals surface area contributed by atoms with Crippen LogP contribution in [-0.4, -0.2) is 41.5 Å². The van der Waals surface area contributed by atoms with Crippen molar-refractivity contribution < 1.29 is 32.3 Å². The standard InChI is InChI=1S/C22H22F4N2O3/c23-16-9-7-14(8-10-16)21(31)28-11-3-4-15(13-28)20(30)27-12-19(29)17-5-1-2-6-18(17)22(24,25)26/h1-2,5-10,15,19,29H,3-4,11-13H2,(H,27,30). The molecule has 1 aliphatic heterocycles. The molecule has 2 atom stereocenters. The molecule has 31 heavy (non-hydrogen) atoms. The number of alkyl halides is 3. The van der Waals surface area contributed by atoms with Crippen molar-refractivity contribution in [2.45, 2.75) is 25.1 Å². The van der Waals surface area contributed by atoms with Gasteiger partial charge < -0.3 is 15.3 Å². The van der Waals surface area contributed by atoms with E-state index in [1.54, 1.807) is 0 Å². The molecule has 1 saturated heterocycles. The van der Waals surface area contributed by atoms with Crippen LogP contribution >= 0.6 is 0 Å². The molecule has 3 rings (SSSR count). The molecule has 166 valence electrons. The summed E-state index contributed by atoms with van der Waals surface area (Å²) in [5, 5.41) is 12.7. The first-order valence-corrected chi connectivity index (χ1v) is 9.83. The Morgan fingerprint density at radius 3 is 2.48 bits per heavy atom. The molecule has 9 heteroatoms. The van der Waals surface area contributed by atoms with E-state index < -0.39 is 35.5 Å². The summed E-state index contributed by atoms with van der Waals surface area (Å²) >= 11 is 0. The highest BCUT2D eigenvalue weighted by atomic mass is 19.4. The number of likely N-dealkylation sites (tertiary alicyclic amines) is 1. The first-order chi connectivity index (χ1) is 14.7. The van der Waals surface area contributed by atoms with Crippen molar-refractivity contribution >= 4 is 11.8 Å². The Morgan fingerprint density at radius 1 is 1.13 bits per heavy atom. The Balaban J connectivity index is 1.59. The molecular weight excluding hydrogens is 416 g/mol. The van der Waals surface area contributed by atoms with Crippen LogP contribution in [0.2, 0.25) is 0 Å². The zero-order chi connectivity index (χ0) is 22.6. The average Bonchev–Trinajstić information content (AvgIpc) is 2.76. The number of carbonyl (C=O) groups is 2. The second-order valence-electron chi connectivity index (χ2n) is 7.44. The zero-order valence-electron chi connectivity index (χ0n) is 16.5. The number of amides is 2. The van der Waals surface area contributed by atoms with Crippen molar-refractivity contribution in [3.63, 3.8) is 0 Å². The van der Waals surface area contributed by atoms with E-state index in [0.717, 1.165) is 6.07 Å². The minimum absolute atomic E-state index is 0.136. The number of nitrogens with zero attached hydrogens (tertiary/aromatic N) is 1. The summed E-state index contributed by atoms with van der Waals surface area (Å²) in [4.78, 5) is 26.6. The average molecular weight is 438 g/mol. The van der Waals surface area contributed by atoms with Gasteiger partial charge in [-0.2, -0.15) is 13.2 Å². The highest BCUT2D eigenvalue weighted by molar-refractivity contribution is 5.94. The largest absolute Gasteiger partial charge is 0.416 e. The molecule has 1 aliphatic rings. The van der Waals surface area contributed by atoms with E-state index in [1.165, 1.54) is 47.4 Å². The number of nitrogens with one attached hydrogen (secondary N) is 1. The zero-order valence-corrected chi connectivity index (χ0v) is 16.5. The van der Waals surface area contributed by atoms with Gasteiger partial charge in [-0.25, -0.2) is 4.39 Å². The topological polar surface area (TPSA) is 69.6 Å². The SMILES string of the molecule is O=C(NCC(O)c1ccccc1C(F)(F)F)C1CCCN(C(=O)c2ccc(F)cc2)C1. The monoisotopic (exact) mass is 438 g/mol. The maximum absolute atomic E-state index is 13.1. The van der Waals surface area contributed by atoms with E-state index in [1.807, 2.05) is 0 Å². The molecule has 0 aromatic heterocycles. The normalized spacial score (nSPS) is 17.8. The first kappa shape index (κ1) is 22.7. The van der Waals surface area contributed by atoms with Crippen LogP contribution in [0.4, 0.5) is 17.6 Å². The van der Waals surface area contributed by atoms with Gasteiger partial charge in [0, 0.05) is 25.2 Å². The number of hydrogen-bond donors (Lipinski definition) is 2. The molecule has 0 spiro atoms. The van der Waals surface area contributed by atoms with Crippen LogP contribution in [0.1, 0.15) is 40.4 Å². The lowest BCUT2D eigenvalue weighted by atomic mass is 9.96. The first-order valence-electron chi connectivity index (χ1n) is 9.83. The molecule has 5 nitrogen and oxygen atoms in total. The van der Waals surface area contributed by atoms with Gasteiger partial charge in [0.1, 0.15) is 5.82 Å². The summed E-state index contributed by atoms with van der Waals surface area (Å²) in [7, 11) is 0. The van der Waals surface area contributed by atoms with E-state index >= 15 is 0 Å². The Morgan fingerprint density at radius 2 is 1.81 bits per heavy atom. The second kappa shape index (κ2) is 9.47. The number of aliphatic hydroxyl groups excluding tert-OH is 1. The Kier molecular flexibility index (Phi) is 6.94. The number of piperidine rings is 1. The lowest BCUT2D eigenvalue weighted by Gasteiger charge is -2.32. The summed E-state index contributed by atoms with van der Waals surface area (Å²) in [6, 6.07) is 9.76. The fourth-order valence-electron chi connectivity index (χ4n) is 3.65. The third-order valence-electron chi connectivity index (χ3n) is 5.27. The smallest absolute Gasteiger partial charge is 0.387 e. The van der Waals surface area contributed by atoms with Crippen LogP contribution in [-0.2, 0) is 11.0 Å². The molecule has 2 unspecified atom stereocenters. The van der Waals surface area contributed by atoms with Crippen LogP contribution < -0.4 is 5.32 Å². The molecule has 0 radical (unpaired) electrons. The number of benzene rings is 2. The predicted octanol–water partition coefficient (Wildman–Crippen LogP) is 3.55. The summed E-state index contributed by atoms with van der Waals surface area (Å²) in [5.74, 6) is -1.78. The van der Waals surface area contributed by atoms with Gasteiger partial charge in [-0.05, 0) is 48.7 Å². The molecule has 1 fully saturated rings. The number of rotatable bonds is 5. The third-order valence-corrected chi connectivity index (χ3v) is 5.27. The van der Waals surface area contributed by atoms with Gasteiger partial charge in [-0.1, -0.05) is 18.2 Å². The molecule has 0 saturated carbocycles. The summed E-state index contributed by atoms with van der Waals surface area (Å²) in [6.07, 6.45) is -5.06. The van der Waals surface area contributed by atoms with Crippen LogP contribution in [0, 0.1) is 11.7 Å². The lowest BCUT2D eigenvalue weighted by molar-refractivity contribution is -0.139. The third kappa shape index (κ3) is 5.61. The second-order valence-corrected chi connectivity index (χ2v) is 7.44. The molecule has 2 aromatic rings. The van der Waals surface area contributed by atoms with Crippen molar-refractivity contribution in [1.82, 2.24) is 10.2 Å². The predicted molar refractivity (Wildman–Crippen MR) is 104 cm³/mol. The van der Waals surface area contributed by atoms with E-state index in [-0.39, 0.29) is 24.6 Å². The molecule has 0 aliphatic carbocycles. The van der Waals surface area contributed by atoms with E-state index in [9.17, 15) is 32.3 Å². The Hall–Kier alpha value is -2.94. The molecule has 2 amide bonds. The van der Waals surface area contributed by atoms with Crippen molar-refractivity contribution in [2.24, 2.45) is 5.92 Å². The molecular formula is C22H22F4N2O3. The van der Waals surface area contributed by atoms with Gasteiger partial charge in [0.2, 0.25) is 5.91 Å². The van der Waals surface area contributed by atoms with E-state index in [0.29, 0.717) is 24.9 Å². The summed E-state index contributed by atoms with van der Waals surface area (Å²) in [6.45, 7) is 0.202. The number of halogens is 4. The molecule has 0 bridgehead atoms. The minimum atomic E-state index is -4.62. The van der Waals surface area contributed by atoms with Crippen molar-refractivity contribution in [3.8, 4) is 0 Å². The number of aliphatic hydroxyl groups is 1. The van der Waals surface area contributed by atoms with Gasteiger partial charge in [0.15, 0.2) is 0 Å². The molecule has 2 aromatic carbocycles. The van der Waals surface area contributed by atoms with Crippen LogP contribution in [0.15, 0.2) is 48.5 Å². The minimum Gasteiger partial charge on any atom is -0.387 e. The molecule has 1 heterocycles. The maximum Gasteiger partial charge on any atom is 0.416 e. The van der Waals surface area contributed by atoms with Crippen LogP contribution in [0.5, 0.6) is 0 Å². The Labute approximate surface area is 176 Å². The van der Waals surface area contributed by atoms with Gasteiger partial charge in [-0.3, -0.25) is 9.59 Å². The lowest BCUT2D eigenvalue weighted by Crippen LogP contribution is -2.46. The van der Waals surface area contributed by atoms with E-state index in [4.69, 9.17) is 0 Å². The van der Waals surface area contributed by atoms with Gasteiger partial charge in [0.25, 0.3) is 5.91 Å². The van der Waals surface area contributed by atoms with Gasteiger partial charge in [0.05, 0.1) is 17.6 Å². The highest BCUT2D eigenvalue weighted by Crippen LogP contribution is 2.34. The fraction of sp³-hybridized carbons (Fsp3) is 0.364. The van der Waals surface area contributed by atoms with Crippen LogP contribution in [0.3, 0.4) is 0 Å². The molecule has 2 N–H and O–H groups in total.